The first-order valence-electron chi connectivity index (χ1n) is 9.10. The lowest BCUT2D eigenvalue weighted by atomic mass is 10.0. The largest absolute Gasteiger partial charge is 0.486 e. The van der Waals surface area contributed by atoms with Crippen LogP contribution in [0.3, 0.4) is 0 Å². The molecule has 1 unspecified atom stereocenters. The van der Waals surface area contributed by atoms with E-state index >= 15 is 0 Å². The number of nitrogens with one attached hydrogen (secondary N) is 1. The fourth-order valence-electron chi connectivity index (χ4n) is 3.31. The predicted molar refractivity (Wildman–Crippen MR) is 105 cm³/mol. The molecule has 0 spiro atoms. The van der Waals surface area contributed by atoms with Gasteiger partial charge in [0.05, 0.1) is 22.8 Å². The molecule has 1 amide bonds. The van der Waals surface area contributed by atoms with Crippen LogP contribution in [0.25, 0.3) is 10.9 Å². The highest BCUT2D eigenvalue weighted by atomic mass is 16.6. The number of hydrogen-bond donors (Lipinski definition) is 1. The Morgan fingerprint density at radius 3 is 2.63 bits per heavy atom. The molecule has 0 bridgehead atoms. The number of aryl methyl sites for hydroxylation is 2. The van der Waals surface area contributed by atoms with Crippen LogP contribution in [0.1, 0.15) is 40.1 Å². The Morgan fingerprint density at radius 1 is 1.04 bits per heavy atom. The van der Waals surface area contributed by atoms with E-state index in [1.54, 1.807) is 0 Å². The standard InChI is InChI=1S/C22H22N2O3/c1-13-4-6-19-17(10-13)11-18(15(3)23-19)22(25)24-14(2)16-5-7-20-21(12-16)27-9-8-26-20/h4-7,10-12,14H,8-9H2,1-3H3,(H,24,25). The van der Waals surface area contributed by atoms with E-state index in [1.807, 2.05) is 63.2 Å². The minimum Gasteiger partial charge on any atom is -0.486 e. The summed E-state index contributed by atoms with van der Waals surface area (Å²) < 4.78 is 11.2. The molecule has 5 heteroatoms. The normalized spacial score (nSPS) is 14.0. The molecule has 5 nitrogen and oxygen atoms in total. The second-order valence-electron chi connectivity index (χ2n) is 6.92. The average molecular weight is 362 g/mol. The predicted octanol–water partition coefficient (Wildman–Crippen LogP) is 4.11. The van der Waals surface area contributed by atoms with Crippen molar-refractivity contribution < 1.29 is 14.3 Å². The van der Waals surface area contributed by atoms with Gasteiger partial charge in [0.15, 0.2) is 11.5 Å². The molecule has 1 aromatic heterocycles. The Labute approximate surface area is 158 Å². The molecule has 0 radical (unpaired) electrons. The van der Waals surface area contributed by atoms with Crippen LogP contribution in [0.2, 0.25) is 0 Å². The summed E-state index contributed by atoms with van der Waals surface area (Å²) in [5.74, 6) is 1.33. The number of hydrogen-bond acceptors (Lipinski definition) is 4. The number of carbonyl (C=O) groups is 1. The molecular formula is C22H22N2O3. The Hall–Kier alpha value is -3.08. The molecule has 2 heterocycles. The molecule has 3 aromatic rings. The second kappa shape index (κ2) is 6.91. The van der Waals surface area contributed by atoms with Gasteiger partial charge >= 0.3 is 0 Å². The highest BCUT2D eigenvalue weighted by molar-refractivity contribution is 5.98. The zero-order chi connectivity index (χ0) is 19.0. The monoisotopic (exact) mass is 362 g/mol. The number of rotatable bonds is 3. The summed E-state index contributed by atoms with van der Waals surface area (Å²) in [6.07, 6.45) is 0. The van der Waals surface area contributed by atoms with E-state index in [0.29, 0.717) is 18.8 Å². The van der Waals surface area contributed by atoms with Gasteiger partial charge in [0.2, 0.25) is 0 Å². The number of aromatic nitrogens is 1. The smallest absolute Gasteiger partial charge is 0.253 e. The fraction of sp³-hybridized carbons (Fsp3) is 0.273. The van der Waals surface area contributed by atoms with Crippen LogP contribution in [0.5, 0.6) is 11.5 Å². The lowest BCUT2D eigenvalue weighted by molar-refractivity contribution is 0.0939. The van der Waals surface area contributed by atoms with Gasteiger partial charge in [-0.2, -0.15) is 0 Å². The van der Waals surface area contributed by atoms with Gasteiger partial charge in [-0.05, 0) is 56.7 Å². The van der Waals surface area contributed by atoms with E-state index in [-0.39, 0.29) is 11.9 Å². The van der Waals surface area contributed by atoms with Crippen LogP contribution in [0.4, 0.5) is 0 Å². The lowest BCUT2D eigenvalue weighted by Gasteiger charge is -2.21. The summed E-state index contributed by atoms with van der Waals surface area (Å²) in [4.78, 5) is 17.4. The van der Waals surface area contributed by atoms with Crippen LogP contribution in [0, 0.1) is 13.8 Å². The summed E-state index contributed by atoms with van der Waals surface area (Å²) >= 11 is 0. The third-order valence-corrected chi connectivity index (χ3v) is 4.82. The summed E-state index contributed by atoms with van der Waals surface area (Å²) in [7, 11) is 0. The van der Waals surface area contributed by atoms with Crippen LogP contribution < -0.4 is 14.8 Å². The quantitative estimate of drug-likeness (QED) is 0.762. The second-order valence-corrected chi connectivity index (χ2v) is 6.92. The first kappa shape index (κ1) is 17.3. The van der Waals surface area contributed by atoms with E-state index in [1.165, 1.54) is 0 Å². The molecular weight excluding hydrogens is 340 g/mol. The van der Waals surface area contributed by atoms with Crippen molar-refractivity contribution in [1.82, 2.24) is 10.3 Å². The molecule has 4 rings (SSSR count). The van der Waals surface area contributed by atoms with Gasteiger partial charge in [-0.1, -0.05) is 17.7 Å². The van der Waals surface area contributed by atoms with Crippen molar-refractivity contribution >= 4 is 16.8 Å². The van der Waals surface area contributed by atoms with Gasteiger partial charge < -0.3 is 14.8 Å². The number of ether oxygens (including phenoxy) is 2. The highest BCUT2D eigenvalue weighted by Crippen LogP contribution is 2.32. The fourth-order valence-corrected chi connectivity index (χ4v) is 3.31. The SMILES string of the molecule is Cc1ccc2nc(C)c(C(=O)NC(C)c3ccc4c(c3)OCCO4)cc2c1. The van der Waals surface area contributed by atoms with Crippen molar-refractivity contribution in [1.29, 1.82) is 0 Å². The van der Waals surface area contributed by atoms with Gasteiger partial charge in [0, 0.05) is 5.39 Å². The minimum atomic E-state index is -0.166. The van der Waals surface area contributed by atoms with Gasteiger partial charge in [0.25, 0.3) is 5.91 Å². The average Bonchev–Trinajstić information content (AvgIpc) is 2.67. The summed E-state index contributed by atoms with van der Waals surface area (Å²) in [6, 6.07) is 13.6. The van der Waals surface area contributed by atoms with Crippen LogP contribution in [0.15, 0.2) is 42.5 Å². The van der Waals surface area contributed by atoms with E-state index in [9.17, 15) is 4.79 Å². The number of pyridine rings is 1. The Morgan fingerprint density at radius 2 is 1.81 bits per heavy atom. The highest BCUT2D eigenvalue weighted by Gasteiger charge is 2.18. The molecule has 0 aliphatic carbocycles. The van der Waals surface area contributed by atoms with E-state index in [0.717, 1.165) is 39.2 Å². The third kappa shape index (κ3) is 3.45. The molecule has 0 saturated carbocycles. The maximum absolute atomic E-state index is 12.9. The van der Waals surface area contributed by atoms with Crippen molar-refractivity contribution in [2.24, 2.45) is 0 Å². The molecule has 1 aliphatic rings. The summed E-state index contributed by atoms with van der Waals surface area (Å²) in [5.41, 5.74) is 4.32. The number of carbonyl (C=O) groups excluding carboxylic acids is 1. The molecule has 2 aromatic carbocycles. The maximum Gasteiger partial charge on any atom is 0.253 e. The van der Waals surface area contributed by atoms with Crippen molar-refractivity contribution in [3.05, 3.63) is 64.8 Å². The van der Waals surface area contributed by atoms with Crippen molar-refractivity contribution in [2.45, 2.75) is 26.8 Å². The van der Waals surface area contributed by atoms with Crippen LogP contribution >= 0.6 is 0 Å². The molecule has 1 N–H and O–H groups in total. The molecule has 0 fully saturated rings. The molecule has 1 atom stereocenters. The van der Waals surface area contributed by atoms with Crippen molar-refractivity contribution in [3.8, 4) is 11.5 Å². The molecule has 0 saturated heterocycles. The molecule has 1 aliphatic heterocycles. The van der Waals surface area contributed by atoms with Crippen LogP contribution in [-0.2, 0) is 0 Å². The van der Waals surface area contributed by atoms with E-state index in [4.69, 9.17) is 9.47 Å². The number of benzene rings is 2. The third-order valence-electron chi connectivity index (χ3n) is 4.82. The Kier molecular flexibility index (Phi) is 4.44. The Balaban J connectivity index is 1.58. The lowest BCUT2D eigenvalue weighted by Crippen LogP contribution is -2.27. The number of fused-ring (bicyclic) bond motifs is 2. The Bertz CT molecular complexity index is 1030. The van der Waals surface area contributed by atoms with Gasteiger partial charge in [-0.3, -0.25) is 9.78 Å². The van der Waals surface area contributed by atoms with Crippen molar-refractivity contribution in [2.75, 3.05) is 13.2 Å². The van der Waals surface area contributed by atoms with Crippen molar-refractivity contribution in [3.63, 3.8) is 0 Å². The summed E-state index contributed by atoms with van der Waals surface area (Å²) in [6.45, 7) is 6.95. The van der Waals surface area contributed by atoms with Crippen LogP contribution in [-0.4, -0.2) is 24.1 Å². The zero-order valence-corrected chi connectivity index (χ0v) is 15.7. The number of nitrogens with zero attached hydrogens (tertiary/aromatic N) is 1. The number of amides is 1. The zero-order valence-electron chi connectivity index (χ0n) is 15.7. The van der Waals surface area contributed by atoms with E-state index in [2.05, 4.69) is 10.3 Å². The minimum absolute atomic E-state index is 0.134. The van der Waals surface area contributed by atoms with Gasteiger partial charge in [-0.25, -0.2) is 0 Å². The summed E-state index contributed by atoms with van der Waals surface area (Å²) in [5, 5.41) is 4.03. The first-order chi connectivity index (χ1) is 13.0. The maximum atomic E-state index is 12.9. The first-order valence-corrected chi connectivity index (χ1v) is 9.10. The molecule has 27 heavy (non-hydrogen) atoms. The molecule has 138 valence electrons. The van der Waals surface area contributed by atoms with Gasteiger partial charge in [-0.15, -0.1) is 0 Å². The van der Waals surface area contributed by atoms with Gasteiger partial charge in [0.1, 0.15) is 13.2 Å². The van der Waals surface area contributed by atoms with E-state index < -0.39 is 0 Å². The topological polar surface area (TPSA) is 60.5 Å².